The highest BCUT2D eigenvalue weighted by Crippen LogP contribution is 2.48. The van der Waals surface area contributed by atoms with Gasteiger partial charge < -0.3 is 9.73 Å². The van der Waals surface area contributed by atoms with Crippen molar-refractivity contribution in [2.75, 3.05) is 11.6 Å². The van der Waals surface area contributed by atoms with Crippen molar-refractivity contribution in [3.63, 3.8) is 0 Å². The van der Waals surface area contributed by atoms with E-state index in [-0.39, 0.29) is 17.7 Å². The van der Waals surface area contributed by atoms with Crippen molar-refractivity contribution in [3.05, 3.63) is 24.2 Å². The maximum Gasteiger partial charge on any atom is 0.230 e. The summed E-state index contributed by atoms with van der Waals surface area (Å²) in [5, 5.41) is 4.05. The molecule has 0 radical (unpaired) electrons. The molecule has 18 heavy (non-hydrogen) atoms. The van der Waals surface area contributed by atoms with Crippen molar-refractivity contribution in [3.8, 4) is 0 Å². The number of anilines is 1. The molecule has 2 heterocycles. The predicted molar refractivity (Wildman–Crippen MR) is 69.9 cm³/mol. The molecule has 1 saturated carbocycles. The molecule has 2 aromatic heterocycles. The first-order valence-corrected chi connectivity index (χ1v) is 7.49. The van der Waals surface area contributed by atoms with E-state index in [4.69, 9.17) is 4.42 Å². The zero-order chi connectivity index (χ0) is 12.5. The van der Waals surface area contributed by atoms with Crippen LogP contribution in [0, 0.1) is 5.92 Å². The van der Waals surface area contributed by atoms with Crippen LogP contribution >= 0.6 is 23.3 Å². The maximum atomic E-state index is 12.0. The third-order valence-corrected chi connectivity index (χ3v) is 4.15. The van der Waals surface area contributed by atoms with Gasteiger partial charge in [0.15, 0.2) is 0 Å². The monoisotopic (exact) mass is 281 g/mol. The van der Waals surface area contributed by atoms with Crippen molar-refractivity contribution in [2.45, 2.75) is 17.5 Å². The molecule has 0 unspecified atom stereocenters. The fraction of sp³-hybridized carbons (Fsp3) is 0.364. The highest BCUT2D eigenvalue weighted by molar-refractivity contribution is 7.98. The smallest absolute Gasteiger partial charge is 0.230 e. The van der Waals surface area contributed by atoms with Gasteiger partial charge in [0.1, 0.15) is 5.76 Å². The third-order valence-electron chi connectivity index (χ3n) is 2.86. The standard InChI is InChI=1S/C11H11N3O2S2/c1-17-11-13-10(18-14-11)12-9(15)7-5-6(7)8-3-2-4-16-8/h2-4,6-7H,5H2,1H3,(H,12,13,14,15)/t6-,7-/m1/s1. The number of furan rings is 1. The Morgan fingerprint density at radius 2 is 2.56 bits per heavy atom. The molecule has 0 bridgehead atoms. The molecule has 1 N–H and O–H groups in total. The van der Waals surface area contributed by atoms with Gasteiger partial charge in [-0.3, -0.25) is 4.79 Å². The predicted octanol–water partition coefficient (Wildman–Crippen LogP) is 2.60. The van der Waals surface area contributed by atoms with Gasteiger partial charge in [-0.05, 0) is 24.8 Å². The summed E-state index contributed by atoms with van der Waals surface area (Å²) in [7, 11) is 0. The highest BCUT2D eigenvalue weighted by Gasteiger charge is 2.46. The van der Waals surface area contributed by atoms with E-state index in [0.717, 1.165) is 12.2 Å². The Morgan fingerprint density at radius 1 is 1.67 bits per heavy atom. The fourth-order valence-corrected chi connectivity index (χ4v) is 2.97. The summed E-state index contributed by atoms with van der Waals surface area (Å²) in [5.74, 6) is 1.10. The lowest BCUT2D eigenvalue weighted by Gasteiger charge is -1.98. The van der Waals surface area contributed by atoms with Gasteiger partial charge in [0, 0.05) is 23.4 Å². The summed E-state index contributed by atoms with van der Waals surface area (Å²) < 4.78 is 9.40. The van der Waals surface area contributed by atoms with E-state index in [0.29, 0.717) is 10.3 Å². The largest absolute Gasteiger partial charge is 0.469 e. The van der Waals surface area contributed by atoms with Crippen LogP contribution in [-0.4, -0.2) is 21.5 Å². The molecule has 0 aliphatic heterocycles. The Kier molecular flexibility index (Phi) is 3.09. The summed E-state index contributed by atoms with van der Waals surface area (Å²) in [6.45, 7) is 0. The van der Waals surface area contributed by atoms with Crippen molar-refractivity contribution in [1.29, 1.82) is 0 Å². The number of hydrogen-bond acceptors (Lipinski definition) is 6. The zero-order valence-electron chi connectivity index (χ0n) is 9.62. The van der Waals surface area contributed by atoms with E-state index in [1.54, 1.807) is 6.26 Å². The van der Waals surface area contributed by atoms with Crippen LogP contribution in [0.1, 0.15) is 18.1 Å². The van der Waals surface area contributed by atoms with Crippen LogP contribution in [0.4, 0.5) is 5.13 Å². The Balaban J connectivity index is 1.60. The van der Waals surface area contributed by atoms with Gasteiger partial charge in [-0.15, -0.1) is 0 Å². The zero-order valence-corrected chi connectivity index (χ0v) is 11.3. The Hall–Kier alpha value is -1.34. The number of carbonyl (C=O) groups excluding carboxylic acids is 1. The summed E-state index contributed by atoms with van der Waals surface area (Å²) in [4.78, 5) is 16.1. The summed E-state index contributed by atoms with van der Waals surface area (Å²) in [5.41, 5.74) is 0. The number of amides is 1. The molecule has 1 amide bonds. The quantitative estimate of drug-likeness (QED) is 0.872. The van der Waals surface area contributed by atoms with Gasteiger partial charge in [-0.1, -0.05) is 11.8 Å². The van der Waals surface area contributed by atoms with Gasteiger partial charge in [0.25, 0.3) is 0 Å². The minimum absolute atomic E-state index is 0.000188. The van der Waals surface area contributed by atoms with Gasteiger partial charge in [0.2, 0.25) is 16.2 Å². The Morgan fingerprint density at radius 3 is 3.22 bits per heavy atom. The van der Waals surface area contributed by atoms with E-state index in [1.165, 1.54) is 23.3 Å². The second-order valence-electron chi connectivity index (χ2n) is 4.04. The molecule has 3 rings (SSSR count). The molecule has 5 nitrogen and oxygen atoms in total. The second kappa shape index (κ2) is 4.74. The van der Waals surface area contributed by atoms with E-state index in [2.05, 4.69) is 14.7 Å². The van der Waals surface area contributed by atoms with E-state index in [1.807, 2.05) is 18.4 Å². The normalized spacial score (nSPS) is 21.8. The van der Waals surface area contributed by atoms with Crippen LogP contribution in [0.25, 0.3) is 0 Å². The minimum Gasteiger partial charge on any atom is -0.469 e. The molecule has 0 aromatic carbocycles. The van der Waals surface area contributed by atoms with Crippen LogP contribution in [0.2, 0.25) is 0 Å². The lowest BCUT2D eigenvalue weighted by Crippen LogP contribution is -2.14. The molecule has 1 aliphatic carbocycles. The highest BCUT2D eigenvalue weighted by atomic mass is 32.2. The van der Waals surface area contributed by atoms with Gasteiger partial charge >= 0.3 is 0 Å². The van der Waals surface area contributed by atoms with Crippen LogP contribution in [0.5, 0.6) is 0 Å². The van der Waals surface area contributed by atoms with Crippen molar-refractivity contribution < 1.29 is 9.21 Å². The average Bonchev–Trinajstić information content (AvgIpc) is 2.80. The number of carbonyl (C=O) groups is 1. The molecule has 7 heteroatoms. The van der Waals surface area contributed by atoms with Gasteiger partial charge in [0.05, 0.1) is 6.26 Å². The van der Waals surface area contributed by atoms with Crippen LogP contribution < -0.4 is 5.32 Å². The number of thioether (sulfide) groups is 1. The van der Waals surface area contributed by atoms with Crippen LogP contribution in [0.15, 0.2) is 28.0 Å². The van der Waals surface area contributed by atoms with Crippen LogP contribution in [-0.2, 0) is 4.79 Å². The van der Waals surface area contributed by atoms with Crippen molar-refractivity contribution in [1.82, 2.24) is 9.36 Å². The molecule has 1 fully saturated rings. The molecule has 0 saturated heterocycles. The number of nitrogens with one attached hydrogen (secondary N) is 1. The number of hydrogen-bond donors (Lipinski definition) is 1. The van der Waals surface area contributed by atoms with Gasteiger partial charge in [-0.2, -0.15) is 9.36 Å². The van der Waals surface area contributed by atoms with Crippen LogP contribution in [0.3, 0.4) is 0 Å². The summed E-state index contributed by atoms with van der Waals surface area (Å²) in [6.07, 6.45) is 4.38. The lowest BCUT2D eigenvalue weighted by molar-refractivity contribution is -0.117. The van der Waals surface area contributed by atoms with Crippen molar-refractivity contribution in [2.24, 2.45) is 5.92 Å². The Labute approximate surface area is 112 Å². The average molecular weight is 281 g/mol. The fourth-order valence-electron chi connectivity index (χ4n) is 1.84. The first-order chi connectivity index (χ1) is 8.78. The molecular formula is C11H11N3O2S2. The molecule has 1 aliphatic rings. The van der Waals surface area contributed by atoms with E-state index >= 15 is 0 Å². The maximum absolute atomic E-state index is 12.0. The van der Waals surface area contributed by atoms with E-state index in [9.17, 15) is 4.79 Å². The topological polar surface area (TPSA) is 68.0 Å². The molecule has 94 valence electrons. The van der Waals surface area contributed by atoms with Crippen molar-refractivity contribution >= 4 is 34.3 Å². The number of nitrogens with zero attached hydrogens (tertiary/aromatic N) is 2. The number of aromatic nitrogens is 2. The molecule has 2 atom stereocenters. The molecule has 0 spiro atoms. The summed E-state index contributed by atoms with van der Waals surface area (Å²) in [6, 6.07) is 3.76. The minimum atomic E-state index is -0.00206. The second-order valence-corrected chi connectivity index (χ2v) is 5.56. The van der Waals surface area contributed by atoms with Gasteiger partial charge in [-0.25, -0.2) is 0 Å². The number of rotatable bonds is 4. The first-order valence-electron chi connectivity index (χ1n) is 5.50. The SMILES string of the molecule is CSc1nsc(NC(=O)[C@@H]2C[C@H]2c2ccco2)n1. The van der Waals surface area contributed by atoms with E-state index < -0.39 is 0 Å². The lowest BCUT2D eigenvalue weighted by atomic mass is 10.2. The molecule has 2 aromatic rings. The Bertz CT molecular complexity index is 552. The summed E-state index contributed by atoms with van der Waals surface area (Å²) >= 11 is 2.67. The molecular weight excluding hydrogens is 270 g/mol. The third kappa shape index (κ3) is 2.28. The first kappa shape index (κ1) is 11.7.